The molecule has 6 heteroatoms. The van der Waals surface area contributed by atoms with Gasteiger partial charge in [-0.3, -0.25) is 4.90 Å². The van der Waals surface area contributed by atoms with Crippen molar-refractivity contribution in [2.45, 2.75) is 57.7 Å². The number of hydrogen-bond donors (Lipinski definition) is 1. The van der Waals surface area contributed by atoms with Crippen molar-refractivity contribution in [3.8, 4) is 0 Å². The van der Waals surface area contributed by atoms with Crippen LogP contribution in [0.1, 0.15) is 90.1 Å². The zero-order valence-corrected chi connectivity index (χ0v) is 46.3. The third-order valence-electron chi connectivity index (χ3n) is 22.0. The normalized spacial score (nSPS) is 20.9. The molecule has 2 N–H and O–H groups in total. The molecule has 1 saturated heterocycles. The van der Waals surface area contributed by atoms with Gasteiger partial charge in [0.2, 0.25) is 0 Å². The van der Waals surface area contributed by atoms with Gasteiger partial charge in [0.05, 0.1) is 39.6 Å². The van der Waals surface area contributed by atoms with Crippen LogP contribution in [-0.4, -0.2) is 39.0 Å². The first-order valence-corrected chi connectivity index (χ1v) is 29.8. The third-order valence-corrected chi connectivity index (χ3v) is 22.0. The van der Waals surface area contributed by atoms with Crippen LogP contribution in [0.5, 0.6) is 0 Å². The molecule has 0 radical (unpaired) electrons. The van der Waals surface area contributed by atoms with Crippen molar-refractivity contribution in [3.05, 3.63) is 252 Å². The van der Waals surface area contributed by atoms with Crippen LogP contribution in [0, 0.1) is 20.8 Å². The number of likely N-dealkylation sites (N-methyl/N-ethyl adjacent to an activating group) is 1. The molecule has 6 bridgehead atoms. The number of hydrogen-bond acceptors (Lipinski definition) is 4. The van der Waals surface area contributed by atoms with Crippen LogP contribution >= 0.6 is 0 Å². The number of nitrogens with zero attached hydrogens (tertiary/aromatic N) is 5. The van der Waals surface area contributed by atoms with Crippen molar-refractivity contribution in [2.24, 2.45) is 9.98 Å². The fourth-order valence-corrected chi connectivity index (χ4v) is 19.5. The summed E-state index contributed by atoms with van der Waals surface area (Å²) >= 11 is 0. The predicted octanol–water partition coefficient (Wildman–Crippen LogP) is 14.7. The smallest absolute Gasteiger partial charge is 0.100 e. The summed E-state index contributed by atoms with van der Waals surface area (Å²) in [7, 11) is 2.43. The number of nitrogens with two attached hydrogens (primary N) is 1. The number of aromatic nitrogens is 2. The lowest BCUT2D eigenvalue weighted by Gasteiger charge is -2.42. The van der Waals surface area contributed by atoms with Crippen LogP contribution in [-0.2, 0) is 24.9 Å². The third kappa shape index (κ3) is 4.73. The summed E-state index contributed by atoms with van der Waals surface area (Å²) in [6.07, 6.45) is 13.2. The molecule has 3 aliphatic carbocycles. The molecule has 3 atom stereocenters. The molecule has 0 amide bonds. The van der Waals surface area contributed by atoms with Crippen molar-refractivity contribution in [1.29, 1.82) is 0 Å². The number of fused-ring (bicyclic) bond motifs is 3. The van der Waals surface area contributed by atoms with Crippen LogP contribution in [0.25, 0.3) is 109 Å². The zero-order chi connectivity index (χ0) is 54.1. The topological polar surface area (TPSA) is 63.8 Å². The standard InChI is InChI=1S/C77H50N6/c1-35-25-36(2)58(37(3)26-35)68-54-21-20-53(80-54)60(39-11-14-47(78)15-12-39)56-24-23-55-59(52-19-16-48(79-52)31-49-17-22-57(68)82(49)34-83(55)56)38-5-7-40(8-6-38)76-77-32-46-29-42-10-9-41-27-44-30-45-28-43-13-18-50(51(77)33-81(76)4)67-63(43)70-65(45)64(44)69-61(41)62(42)71-66(46)75(77)74(67)73(70)72(69)71/h5-29,31,51,76H,30,32-34,78H2,1-4H3. The fraction of sp³-hybridized carbons (Fsp3) is 0.143. The Labute approximate surface area is 476 Å². The molecule has 5 aliphatic heterocycles. The maximum Gasteiger partial charge on any atom is 0.100 e. The van der Waals surface area contributed by atoms with Gasteiger partial charge < -0.3 is 14.9 Å². The van der Waals surface area contributed by atoms with Gasteiger partial charge in [0.1, 0.15) is 6.67 Å². The van der Waals surface area contributed by atoms with E-state index in [-0.39, 0.29) is 11.5 Å². The molecule has 3 unspecified atom stereocenters. The van der Waals surface area contributed by atoms with Crippen molar-refractivity contribution >= 4 is 126 Å². The molecule has 8 aliphatic rings. The van der Waals surface area contributed by atoms with Crippen molar-refractivity contribution in [2.75, 3.05) is 19.3 Å². The van der Waals surface area contributed by atoms with E-state index in [2.05, 4.69) is 187 Å². The number of rotatable bonds is 4. The number of nitrogen functional groups attached to an aromatic ring is 1. The molecule has 6 nitrogen and oxygen atoms in total. The molecule has 22 rings (SSSR count). The van der Waals surface area contributed by atoms with Gasteiger partial charge in [-0.1, -0.05) is 96.6 Å². The van der Waals surface area contributed by atoms with Crippen LogP contribution in [0.4, 0.5) is 5.69 Å². The summed E-state index contributed by atoms with van der Waals surface area (Å²) < 4.78 is 5.03. The Bertz CT molecular complexity index is 5820. The van der Waals surface area contributed by atoms with Crippen LogP contribution < -0.4 is 16.4 Å². The summed E-state index contributed by atoms with van der Waals surface area (Å²) in [5, 5.41) is 26.7. The van der Waals surface area contributed by atoms with E-state index in [0.717, 1.165) is 97.8 Å². The summed E-state index contributed by atoms with van der Waals surface area (Å²) in [5.74, 6) is 0.344. The molecule has 7 heterocycles. The predicted molar refractivity (Wildman–Crippen MR) is 342 cm³/mol. The lowest BCUT2D eigenvalue weighted by Crippen LogP contribution is -2.38. The first kappa shape index (κ1) is 43.2. The largest absolute Gasteiger partial charge is 0.399 e. The van der Waals surface area contributed by atoms with Gasteiger partial charge >= 0.3 is 0 Å². The summed E-state index contributed by atoms with van der Waals surface area (Å²) in [5.41, 5.74) is 32.7. The monoisotopic (exact) mass is 1060 g/mol. The molecule has 83 heavy (non-hydrogen) atoms. The van der Waals surface area contributed by atoms with Crippen LogP contribution in [0.2, 0.25) is 0 Å². The summed E-state index contributed by atoms with van der Waals surface area (Å²) in [4.78, 5) is 13.9. The Morgan fingerprint density at radius 2 is 1.14 bits per heavy atom. The van der Waals surface area contributed by atoms with E-state index in [1.807, 2.05) is 12.1 Å². The quantitative estimate of drug-likeness (QED) is 0.141. The maximum absolute atomic E-state index is 6.42. The molecule has 1 fully saturated rings. The Balaban J connectivity index is 0.771. The van der Waals surface area contributed by atoms with Gasteiger partial charge in [0.15, 0.2) is 0 Å². The summed E-state index contributed by atoms with van der Waals surface area (Å²) in [6, 6.07) is 50.0. The average Bonchev–Trinajstić information content (AvgIpc) is 1.52. The molecule has 1 spiro atoms. The second-order valence-electron chi connectivity index (χ2n) is 26.0. The minimum atomic E-state index is -0.150. The number of anilines is 1. The Morgan fingerprint density at radius 1 is 0.530 bits per heavy atom. The molecule has 14 aromatic rings. The number of benzene rings is 10. The lowest BCUT2D eigenvalue weighted by molar-refractivity contribution is 0.247. The highest BCUT2D eigenvalue weighted by atomic mass is 15.2. The van der Waals surface area contributed by atoms with Crippen molar-refractivity contribution in [1.82, 2.24) is 14.0 Å². The second-order valence-corrected chi connectivity index (χ2v) is 26.0. The summed E-state index contributed by atoms with van der Waals surface area (Å²) in [6.45, 7) is 8.27. The van der Waals surface area contributed by atoms with E-state index in [1.54, 1.807) is 70.6 Å². The molecule has 0 saturated carbocycles. The number of likely N-dealkylation sites (tertiary alicyclic amines) is 1. The maximum atomic E-state index is 6.42. The van der Waals surface area contributed by atoms with E-state index in [4.69, 9.17) is 15.7 Å². The molecular weight excluding hydrogens is 1010 g/mol. The second kappa shape index (κ2) is 13.8. The lowest BCUT2D eigenvalue weighted by atomic mass is 9.60. The van der Waals surface area contributed by atoms with Gasteiger partial charge in [-0.25, -0.2) is 9.98 Å². The first-order chi connectivity index (χ1) is 40.7. The number of aryl methyl sites for hydroxylation is 3. The van der Waals surface area contributed by atoms with Gasteiger partial charge in [-0.2, -0.15) is 0 Å². The first-order valence-electron chi connectivity index (χ1n) is 29.8. The minimum absolute atomic E-state index is 0.150. The Kier molecular flexibility index (Phi) is 7.18. The van der Waals surface area contributed by atoms with Crippen molar-refractivity contribution in [3.63, 3.8) is 0 Å². The van der Waals surface area contributed by atoms with E-state index in [0.29, 0.717) is 12.6 Å². The van der Waals surface area contributed by atoms with E-state index < -0.39 is 0 Å². The van der Waals surface area contributed by atoms with Gasteiger partial charge in [-0.15, -0.1) is 0 Å². The molecule has 12 aromatic carbocycles. The van der Waals surface area contributed by atoms with Crippen LogP contribution in [0.3, 0.4) is 0 Å². The minimum Gasteiger partial charge on any atom is -0.399 e. The molecule has 2 aromatic heterocycles. The van der Waals surface area contributed by atoms with Crippen LogP contribution in [0.15, 0.2) is 173 Å². The number of allylic oxidation sites excluding steroid dienone is 4. The zero-order valence-electron chi connectivity index (χ0n) is 46.3. The van der Waals surface area contributed by atoms with Gasteiger partial charge in [-0.05, 0) is 255 Å². The van der Waals surface area contributed by atoms with E-state index in [1.165, 1.54) is 71.3 Å². The van der Waals surface area contributed by atoms with Gasteiger partial charge in [0.25, 0.3) is 0 Å². The van der Waals surface area contributed by atoms with E-state index in [9.17, 15) is 0 Å². The highest BCUT2D eigenvalue weighted by Crippen LogP contribution is 2.71. The SMILES string of the molecule is Cc1cc(C)c(C2=c3ccc4n3Cn3c(ccc3C(c3ccc(N)cc3)=C3C=CC2=N3)C(c2ccc(C3N(C)CC5c6ccc7cc8c9c%10c(cc%11ccc%12cc%13c%14c(c%15c6c7c9c%15c6c%14c%12c%11c%106)C53C%13)C8)cc2)=C2C=CC(=N2)C=4)c(C)c1. The average molecular weight is 1060 g/mol. The highest BCUT2D eigenvalue weighted by Gasteiger charge is 2.61. The highest BCUT2D eigenvalue weighted by molar-refractivity contribution is 6.57. The number of aliphatic imine (C=N–C) groups is 2. The van der Waals surface area contributed by atoms with Gasteiger partial charge in [0, 0.05) is 51.7 Å². The van der Waals surface area contributed by atoms with Crippen molar-refractivity contribution < 1.29 is 0 Å². The molecular formula is C77H50N6. The molecule has 388 valence electrons. The Hall–Kier alpha value is -9.62. The Morgan fingerprint density at radius 3 is 1.87 bits per heavy atom. The van der Waals surface area contributed by atoms with E-state index >= 15 is 0 Å². The fourth-order valence-electron chi connectivity index (χ4n) is 19.5.